The average molecular weight is 338 g/mol. The molecule has 0 radical (unpaired) electrons. The van der Waals surface area contributed by atoms with Gasteiger partial charge >= 0.3 is 0 Å². The molecule has 1 unspecified atom stereocenters. The summed E-state index contributed by atoms with van der Waals surface area (Å²) in [6, 6.07) is 9.81. The Morgan fingerprint density at radius 1 is 1.24 bits per heavy atom. The van der Waals surface area contributed by atoms with Crippen molar-refractivity contribution in [1.29, 1.82) is 0 Å². The molecule has 0 saturated carbocycles. The second-order valence-electron chi connectivity index (χ2n) is 6.00. The van der Waals surface area contributed by atoms with Gasteiger partial charge in [0.2, 0.25) is 17.6 Å². The van der Waals surface area contributed by atoms with Crippen molar-refractivity contribution in [1.82, 2.24) is 20.0 Å². The molecule has 1 amide bonds. The molecule has 0 bridgehead atoms. The highest BCUT2D eigenvalue weighted by Crippen LogP contribution is 2.29. The summed E-state index contributed by atoms with van der Waals surface area (Å²) in [5.74, 6) is 0.519. The van der Waals surface area contributed by atoms with Crippen LogP contribution in [0.5, 0.6) is 0 Å². The smallest absolute Gasteiger partial charge is 0.232 e. The van der Waals surface area contributed by atoms with Crippen molar-refractivity contribution in [2.45, 2.75) is 18.9 Å². The number of amides is 1. The maximum Gasteiger partial charge on any atom is 0.232 e. The zero-order chi connectivity index (χ0) is 17.2. The van der Waals surface area contributed by atoms with Crippen molar-refractivity contribution in [3.63, 3.8) is 0 Å². The van der Waals surface area contributed by atoms with E-state index in [4.69, 9.17) is 4.52 Å². The summed E-state index contributed by atoms with van der Waals surface area (Å²) in [5, 5.41) is 3.98. The Morgan fingerprint density at radius 2 is 2.08 bits per heavy atom. The van der Waals surface area contributed by atoms with Crippen LogP contribution in [0.15, 0.2) is 53.3 Å². The van der Waals surface area contributed by atoms with Crippen molar-refractivity contribution in [3.05, 3.63) is 66.1 Å². The Bertz CT molecular complexity index is 880. The predicted octanol–water partition coefficient (Wildman–Crippen LogP) is 2.79. The summed E-state index contributed by atoms with van der Waals surface area (Å²) in [5.41, 5.74) is 1.65. The molecular weight excluding hydrogens is 323 g/mol. The normalized spacial score (nSPS) is 17.2. The minimum atomic E-state index is -0.289. The molecule has 6 nitrogen and oxygen atoms in total. The lowest BCUT2D eigenvalue weighted by Gasteiger charge is -2.15. The van der Waals surface area contributed by atoms with Crippen LogP contribution < -0.4 is 0 Å². The van der Waals surface area contributed by atoms with Gasteiger partial charge in [-0.05, 0) is 29.8 Å². The number of halogens is 1. The van der Waals surface area contributed by atoms with Crippen LogP contribution in [0.4, 0.5) is 4.39 Å². The number of nitrogens with zero attached hydrogens (tertiary/aromatic N) is 4. The quantitative estimate of drug-likeness (QED) is 0.731. The van der Waals surface area contributed by atoms with Crippen LogP contribution in [0, 0.1) is 5.82 Å². The van der Waals surface area contributed by atoms with Crippen molar-refractivity contribution in [2.24, 2.45) is 0 Å². The number of carbonyl (C=O) groups excluding carboxylic acids is 1. The van der Waals surface area contributed by atoms with E-state index in [0.717, 1.165) is 11.1 Å². The minimum absolute atomic E-state index is 0.0236. The molecule has 3 heterocycles. The molecule has 1 aliphatic heterocycles. The molecule has 7 heteroatoms. The molecule has 0 aliphatic carbocycles. The maximum absolute atomic E-state index is 13.0. The molecule has 1 saturated heterocycles. The van der Waals surface area contributed by atoms with Crippen LogP contribution in [-0.2, 0) is 11.3 Å². The van der Waals surface area contributed by atoms with E-state index in [9.17, 15) is 9.18 Å². The Kier molecular flexibility index (Phi) is 3.97. The van der Waals surface area contributed by atoms with Crippen molar-refractivity contribution in [3.8, 4) is 11.4 Å². The molecule has 4 rings (SSSR count). The predicted molar refractivity (Wildman–Crippen MR) is 86.7 cm³/mol. The maximum atomic E-state index is 13.0. The van der Waals surface area contributed by atoms with Crippen molar-refractivity contribution >= 4 is 5.91 Å². The lowest BCUT2D eigenvalue weighted by Crippen LogP contribution is -2.24. The van der Waals surface area contributed by atoms with Gasteiger partial charge in [0.15, 0.2) is 0 Å². The number of aromatic nitrogens is 3. The molecular formula is C18H15FN4O2. The molecule has 0 spiro atoms. The molecule has 1 aliphatic rings. The third-order valence-electron chi connectivity index (χ3n) is 4.21. The minimum Gasteiger partial charge on any atom is -0.339 e. The highest BCUT2D eigenvalue weighted by Gasteiger charge is 2.34. The van der Waals surface area contributed by atoms with Gasteiger partial charge < -0.3 is 9.42 Å². The first-order valence-electron chi connectivity index (χ1n) is 7.95. The van der Waals surface area contributed by atoms with E-state index >= 15 is 0 Å². The summed E-state index contributed by atoms with van der Waals surface area (Å²) in [6.45, 7) is 0.949. The van der Waals surface area contributed by atoms with Gasteiger partial charge in [0, 0.05) is 37.5 Å². The Hall–Kier alpha value is -3.09. The highest BCUT2D eigenvalue weighted by molar-refractivity contribution is 5.79. The van der Waals surface area contributed by atoms with Gasteiger partial charge in [-0.1, -0.05) is 17.3 Å². The molecule has 126 valence electrons. The van der Waals surface area contributed by atoms with Gasteiger partial charge in [-0.2, -0.15) is 4.98 Å². The van der Waals surface area contributed by atoms with Crippen LogP contribution in [0.1, 0.15) is 23.8 Å². The second kappa shape index (κ2) is 6.43. The number of carbonyl (C=O) groups is 1. The van der Waals surface area contributed by atoms with Gasteiger partial charge in [0.25, 0.3) is 0 Å². The van der Waals surface area contributed by atoms with Gasteiger partial charge in [-0.25, -0.2) is 4.39 Å². The van der Waals surface area contributed by atoms with E-state index in [1.54, 1.807) is 35.5 Å². The van der Waals surface area contributed by atoms with Gasteiger partial charge in [-0.3, -0.25) is 9.78 Å². The molecule has 1 aromatic carbocycles. The summed E-state index contributed by atoms with van der Waals surface area (Å²) in [7, 11) is 0. The largest absolute Gasteiger partial charge is 0.339 e. The molecule has 1 fully saturated rings. The topological polar surface area (TPSA) is 72.1 Å². The van der Waals surface area contributed by atoms with E-state index < -0.39 is 0 Å². The highest BCUT2D eigenvalue weighted by atomic mass is 19.1. The van der Waals surface area contributed by atoms with Crippen LogP contribution in [0.2, 0.25) is 0 Å². The Morgan fingerprint density at radius 3 is 2.84 bits per heavy atom. The molecule has 3 aromatic rings. The van der Waals surface area contributed by atoms with E-state index in [0.29, 0.717) is 31.2 Å². The van der Waals surface area contributed by atoms with E-state index in [-0.39, 0.29) is 17.6 Å². The fourth-order valence-electron chi connectivity index (χ4n) is 2.91. The first-order valence-corrected chi connectivity index (χ1v) is 7.95. The number of benzene rings is 1. The fraction of sp³-hybridized carbons (Fsp3) is 0.222. The first kappa shape index (κ1) is 15.4. The van der Waals surface area contributed by atoms with E-state index in [1.807, 2.05) is 6.07 Å². The Balaban J connectivity index is 1.47. The van der Waals surface area contributed by atoms with Crippen LogP contribution >= 0.6 is 0 Å². The number of hydrogen-bond donors (Lipinski definition) is 0. The third-order valence-corrected chi connectivity index (χ3v) is 4.21. The van der Waals surface area contributed by atoms with Crippen molar-refractivity contribution < 1.29 is 13.7 Å². The van der Waals surface area contributed by atoms with Crippen molar-refractivity contribution in [2.75, 3.05) is 6.54 Å². The third kappa shape index (κ3) is 3.26. The zero-order valence-corrected chi connectivity index (χ0v) is 13.3. The standard InChI is InChI=1S/C18H15FN4O2/c19-15-5-3-12(4-6-15)10-23-11-14(8-16(23)24)18-21-17(22-25-18)13-2-1-7-20-9-13/h1-7,9,14H,8,10-11H2. The molecule has 1 atom stereocenters. The first-order chi connectivity index (χ1) is 12.2. The fourth-order valence-corrected chi connectivity index (χ4v) is 2.91. The zero-order valence-electron chi connectivity index (χ0n) is 13.3. The van der Waals surface area contributed by atoms with Crippen LogP contribution in [0.3, 0.4) is 0 Å². The summed E-state index contributed by atoms with van der Waals surface area (Å²) in [6.07, 6.45) is 3.67. The number of rotatable bonds is 4. The van der Waals surface area contributed by atoms with Crippen LogP contribution in [-0.4, -0.2) is 32.5 Å². The number of pyridine rings is 1. The Labute approximate surface area is 143 Å². The van der Waals surface area contributed by atoms with Gasteiger partial charge in [-0.15, -0.1) is 0 Å². The molecule has 0 N–H and O–H groups in total. The lowest BCUT2D eigenvalue weighted by atomic mass is 10.1. The average Bonchev–Trinajstić information content (AvgIpc) is 3.25. The van der Waals surface area contributed by atoms with Gasteiger partial charge in [0.05, 0.1) is 5.92 Å². The van der Waals surface area contributed by atoms with E-state index in [1.165, 1.54) is 12.1 Å². The summed E-state index contributed by atoms with van der Waals surface area (Å²) in [4.78, 5) is 22.4. The summed E-state index contributed by atoms with van der Waals surface area (Å²) < 4.78 is 18.3. The number of likely N-dealkylation sites (tertiary alicyclic amines) is 1. The van der Waals surface area contributed by atoms with Gasteiger partial charge in [0.1, 0.15) is 5.82 Å². The number of hydrogen-bond acceptors (Lipinski definition) is 5. The van der Waals surface area contributed by atoms with Crippen LogP contribution in [0.25, 0.3) is 11.4 Å². The van der Waals surface area contributed by atoms with E-state index in [2.05, 4.69) is 15.1 Å². The monoisotopic (exact) mass is 338 g/mol. The molecule has 2 aromatic heterocycles. The lowest BCUT2D eigenvalue weighted by molar-refractivity contribution is -0.128. The SMILES string of the molecule is O=C1CC(c2nc(-c3cccnc3)no2)CN1Cc1ccc(F)cc1. The molecule has 25 heavy (non-hydrogen) atoms. The second-order valence-corrected chi connectivity index (χ2v) is 6.00. The summed E-state index contributed by atoms with van der Waals surface area (Å²) >= 11 is 0.